The number of aliphatic hydroxyl groups excluding tert-OH is 1. The molecule has 1 unspecified atom stereocenters. The zero-order valence-corrected chi connectivity index (χ0v) is 22.1. The Morgan fingerprint density at radius 2 is 1.74 bits per heavy atom. The Morgan fingerprint density at radius 3 is 2.45 bits per heavy atom. The van der Waals surface area contributed by atoms with Crippen molar-refractivity contribution in [2.75, 3.05) is 0 Å². The smallest absolute Gasteiger partial charge is 0.0577 e. The number of hydrogen-bond acceptors (Lipinski definition) is 1. The van der Waals surface area contributed by atoms with Crippen LogP contribution in [0.1, 0.15) is 126 Å². The van der Waals surface area contributed by atoms with E-state index in [1.807, 2.05) is 13.8 Å². The molecule has 1 heteroatoms. The lowest BCUT2D eigenvalue weighted by molar-refractivity contribution is -0.0573. The second-order valence-electron chi connectivity index (χ2n) is 12.3. The van der Waals surface area contributed by atoms with Gasteiger partial charge in [-0.15, -0.1) is 0 Å². The van der Waals surface area contributed by atoms with Gasteiger partial charge < -0.3 is 5.11 Å². The van der Waals surface area contributed by atoms with Gasteiger partial charge in [0, 0.05) is 0 Å². The molecule has 1 N–H and O–H groups in total. The molecule has 0 saturated heterocycles. The minimum Gasteiger partial charge on any atom is -0.393 e. The monoisotopic (exact) mass is 430 g/mol. The zero-order valence-electron chi connectivity index (χ0n) is 22.1. The number of aliphatic hydroxyl groups is 1. The van der Waals surface area contributed by atoms with Crippen LogP contribution < -0.4 is 0 Å². The molecule has 0 spiro atoms. The molecule has 0 aromatic rings. The normalized spacial score (nSPS) is 43.5. The Balaban J connectivity index is 0.00000132. The molecule has 0 aromatic carbocycles. The van der Waals surface area contributed by atoms with Crippen molar-refractivity contribution in [3.8, 4) is 0 Å². The number of allylic oxidation sites excluding steroid dienone is 1. The van der Waals surface area contributed by atoms with E-state index >= 15 is 0 Å². The Hall–Kier alpha value is -0.300. The summed E-state index contributed by atoms with van der Waals surface area (Å²) in [5.74, 6) is 5.51. The third-order valence-electron chi connectivity index (χ3n) is 10.9. The zero-order chi connectivity index (χ0) is 22.8. The fraction of sp³-hybridized carbons (Fsp3) is 0.933. The van der Waals surface area contributed by atoms with Gasteiger partial charge in [-0.1, -0.05) is 85.8 Å². The lowest BCUT2D eigenvalue weighted by Crippen LogP contribution is -2.50. The highest BCUT2D eigenvalue weighted by atomic mass is 16.3. The summed E-state index contributed by atoms with van der Waals surface area (Å²) in [4.78, 5) is 0. The first-order valence-corrected chi connectivity index (χ1v) is 14.2. The van der Waals surface area contributed by atoms with E-state index in [1.54, 1.807) is 5.57 Å². The summed E-state index contributed by atoms with van der Waals surface area (Å²) in [6.45, 7) is 16.6. The molecule has 0 radical (unpaired) electrons. The molecule has 0 amide bonds. The van der Waals surface area contributed by atoms with Crippen molar-refractivity contribution >= 4 is 0 Å². The number of hydrogen-bond donors (Lipinski definition) is 1. The Labute approximate surface area is 194 Å². The highest BCUT2D eigenvalue weighted by Gasteiger charge is 2.59. The van der Waals surface area contributed by atoms with Crippen molar-refractivity contribution in [2.45, 2.75) is 132 Å². The Kier molecular flexibility index (Phi) is 8.43. The molecule has 4 aliphatic rings. The van der Waals surface area contributed by atoms with Crippen LogP contribution >= 0.6 is 0 Å². The average Bonchev–Trinajstić information content (AvgIpc) is 3.12. The Bertz CT molecular complexity index is 608. The summed E-state index contributed by atoms with van der Waals surface area (Å²) in [5.41, 5.74) is 2.60. The summed E-state index contributed by atoms with van der Waals surface area (Å²) >= 11 is 0. The Morgan fingerprint density at radius 1 is 1.00 bits per heavy atom. The second kappa shape index (κ2) is 10.3. The summed E-state index contributed by atoms with van der Waals surface area (Å²) in [5, 5.41) is 10.2. The molecule has 0 aromatic heterocycles. The molecule has 0 heterocycles. The summed E-state index contributed by atoms with van der Waals surface area (Å²) in [7, 11) is 0. The molecule has 0 bridgehead atoms. The van der Waals surface area contributed by atoms with Gasteiger partial charge in [0.15, 0.2) is 0 Å². The first kappa shape index (κ1) is 25.3. The lowest BCUT2D eigenvalue weighted by atomic mass is 9.47. The molecule has 3 saturated carbocycles. The van der Waals surface area contributed by atoms with Crippen molar-refractivity contribution < 1.29 is 5.11 Å². The maximum atomic E-state index is 10.2. The van der Waals surface area contributed by atoms with Gasteiger partial charge in [-0.25, -0.2) is 0 Å². The fourth-order valence-corrected chi connectivity index (χ4v) is 8.81. The van der Waals surface area contributed by atoms with Gasteiger partial charge in [0.05, 0.1) is 6.10 Å². The second-order valence-corrected chi connectivity index (χ2v) is 12.3. The molecule has 0 aliphatic heterocycles. The fourth-order valence-electron chi connectivity index (χ4n) is 8.81. The van der Waals surface area contributed by atoms with Crippen molar-refractivity contribution in [1.82, 2.24) is 0 Å². The first-order valence-electron chi connectivity index (χ1n) is 14.2. The van der Waals surface area contributed by atoms with Gasteiger partial charge in [-0.3, -0.25) is 0 Å². The van der Waals surface area contributed by atoms with E-state index in [4.69, 9.17) is 0 Å². The molecular weight excluding hydrogens is 376 g/mol. The van der Waals surface area contributed by atoms with Gasteiger partial charge in [0.2, 0.25) is 0 Å². The highest BCUT2D eigenvalue weighted by molar-refractivity contribution is 5.25. The molecule has 9 atom stereocenters. The van der Waals surface area contributed by atoms with E-state index in [0.29, 0.717) is 10.8 Å². The van der Waals surface area contributed by atoms with E-state index in [2.05, 4.69) is 40.7 Å². The van der Waals surface area contributed by atoms with Crippen LogP contribution in [0, 0.1) is 46.3 Å². The first-order chi connectivity index (χ1) is 14.8. The molecule has 180 valence electrons. The molecule has 1 nitrogen and oxygen atoms in total. The van der Waals surface area contributed by atoms with Gasteiger partial charge in [-0.2, -0.15) is 0 Å². The van der Waals surface area contributed by atoms with Crippen LogP contribution in [0.15, 0.2) is 11.6 Å². The van der Waals surface area contributed by atoms with Crippen LogP contribution in [0.4, 0.5) is 0 Å². The number of rotatable bonds is 6. The molecular formula is C30H54O. The maximum absolute atomic E-state index is 10.2. The van der Waals surface area contributed by atoms with Crippen molar-refractivity contribution in [3.05, 3.63) is 11.6 Å². The predicted octanol–water partition coefficient (Wildman–Crippen LogP) is 8.81. The third-order valence-corrected chi connectivity index (χ3v) is 10.9. The van der Waals surface area contributed by atoms with E-state index in [0.717, 1.165) is 48.3 Å². The molecule has 4 aliphatic carbocycles. The van der Waals surface area contributed by atoms with Gasteiger partial charge in [-0.05, 0) is 97.7 Å². The van der Waals surface area contributed by atoms with Crippen molar-refractivity contribution in [2.24, 2.45) is 46.3 Å². The van der Waals surface area contributed by atoms with Gasteiger partial charge in [0.1, 0.15) is 0 Å². The average molecular weight is 431 g/mol. The van der Waals surface area contributed by atoms with Crippen LogP contribution in [-0.2, 0) is 0 Å². The van der Waals surface area contributed by atoms with Crippen LogP contribution in [-0.4, -0.2) is 11.2 Å². The minimum atomic E-state index is -0.0770. The third kappa shape index (κ3) is 4.69. The summed E-state index contributed by atoms with van der Waals surface area (Å²) < 4.78 is 0. The summed E-state index contributed by atoms with van der Waals surface area (Å²) in [6, 6.07) is 0. The largest absolute Gasteiger partial charge is 0.393 e. The van der Waals surface area contributed by atoms with Crippen molar-refractivity contribution in [1.29, 1.82) is 0 Å². The molecule has 4 rings (SSSR count). The van der Waals surface area contributed by atoms with Crippen LogP contribution in [0.2, 0.25) is 0 Å². The van der Waals surface area contributed by atoms with E-state index in [-0.39, 0.29) is 6.10 Å². The lowest BCUT2D eigenvalue weighted by Gasteiger charge is -2.58. The van der Waals surface area contributed by atoms with Crippen LogP contribution in [0.5, 0.6) is 0 Å². The maximum Gasteiger partial charge on any atom is 0.0577 e. The van der Waals surface area contributed by atoms with Crippen molar-refractivity contribution in [3.63, 3.8) is 0 Å². The van der Waals surface area contributed by atoms with Gasteiger partial charge in [0.25, 0.3) is 0 Å². The van der Waals surface area contributed by atoms with Gasteiger partial charge >= 0.3 is 0 Å². The quantitative estimate of drug-likeness (QED) is 0.417. The topological polar surface area (TPSA) is 20.2 Å². The number of fused-ring (bicyclic) bond motifs is 5. The predicted molar refractivity (Wildman–Crippen MR) is 135 cm³/mol. The minimum absolute atomic E-state index is 0.0770. The molecule has 31 heavy (non-hydrogen) atoms. The highest BCUT2D eigenvalue weighted by Crippen LogP contribution is 2.67. The van der Waals surface area contributed by atoms with E-state index < -0.39 is 0 Å². The van der Waals surface area contributed by atoms with E-state index in [1.165, 1.54) is 64.2 Å². The molecule has 3 fully saturated rings. The summed E-state index contributed by atoms with van der Waals surface area (Å²) in [6.07, 6.45) is 18.6. The van der Waals surface area contributed by atoms with Crippen LogP contribution in [0.3, 0.4) is 0 Å². The standard InChI is InChI=1S/C28H48O.C2H6/c1-6-19(2)8-7-9-20(3)24-12-13-25-23-11-10-21-18-22(29)14-16-27(21,4)26(23)15-17-28(24,25)5;1-2/h10,19-20,22-26,29H,6-9,11-18H2,1-5H3;1-2H3/t19?,20-,22+,23+,24-,25+,26+,27+,28-;/m1./s1. The van der Waals surface area contributed by atoms with Crippen LogP contribution in [0.25, 0.3) is 0 Å². The SMILES string of the molecule is CC.CCC(C)CCC[C@@H](C)[C@H]1CC[C@H]2[C@@H]3CC=C4C[C@@H](O)CC[C@]4(C)[C@H]3CC[C@]12C. The van der Waals surface area contributed by atoms with E-state index in [9.17, 15) is 5.11 Å².